The summed E-state index contributed by atoms with van der Waals surface area (Å²) >= 11 is 0. The third kappa shape index (κ3) is 7.11. The van der Waals surface area contributed by atoms with E-state index in [2.05, 4.69) is 62.2 Å². The topological polar surface area (TPSA) is 0 Å². The molecule has 2 fully saturated rings. The highest BCUT2D eigenvalue weighted by molar-refractivity contribution is 6.84. The Hall–Kier alpha value is -0.446. The van der Waals surface area contributed by atoms with Gasteiger partial charge in [0.2, 0.25) is 0 Å². The van der Waals surface area contributed by atoms with Crippen molar-refractivity contribution in [3.05, 3.63) is 0 Å². The zero-order chi connectivity index (χ0) is 20.7. The predicted octanol–water partition coefficient (Wildman–Crippen LogP) is 8.21. The molecule has 158 valence electrons. The van der Waals surface area contributed by atoms with Crippen molar-refractivity contribution in [1.29, 1.82) is 0 Å². The van der Waals surface area contributed by atoms with Gasteiger partial charge in [0, 0.05) is 10.8 Å². The van der Waals surface area contributed by atoms with Crippen molar-refractivity contribution in [3.8, 4) is 22.9 Å². The molecule has 0 N–H and O–H groups in total. The summed E-state index contributed by atoms with van der Waals surface area (Å²) in [6, 6.07) is 0. The lowest BCUT2D eigenvalue weighted by atomic mass is 9.55. The molecule has 0 atom stereocenters. The predicted molar refractivity (Wildman–Crippen MR) is 132 cm³/mol. The van der Waals surface area contributed by atoms with Crippen LogP contribution in [-0.2, 0) is 0 Å². The highest BCUT2D eigenvalue weighted by Gasteiger charge is 2.48. The summed E-state index contributed by atoms with van der Waals surface area (Å²) in [6.07, 6.45) is 19.0. The van der Waals surface area contributed by atoms with Gasteiger partial charge in [-0.25, -0.2) is 0 Å². The van der Waals surface area contributed by atoms with Gasteiger partial charge in [-0.05, 0) is 25.7 Å². The van der Waals surface area contributed by atoms with E-state index in [0.717, 1.165) is 0 Å². The first-order chi connectivity index (χ1) is 13.1. The van der Waals surface area contributed by atoms with Crippen LogP contribution < -0.4 is 0 Å². The molecule has 0 heterocycles. The summed E-state index contributed by atoms with van der Waals surface area (Å²) in [5, 5.41) is 0. The Bertz CT molecular complexity index is 537. The van der Waals surface area contributed by atoms with Gasteiger partial charge >= 0.3 is 0 Å². The molecule has 2 aliphatic rings. The van der Waals surface area contributed by atoms with Gasteiger partial charge in [0.1, 0.15) is 16.1 Å². The molecular weight excluding hydrogens is 368 g/mol. The summed E-state index contributed by atoms with van der Waals surface area (Å²) in [4.78, 5) is 0. The molecule has 0 spiro atoms. The van der Waals surface area contributed by atoms with E-state index in [-0.39, 0.29) is 10.8 Å². The molecule has 28 heavy (non-hydrogen) atoms. The molecule has 0 unspecified atom stereocenters. The number of hydrogen-bond donors (Lipinski definition) is 0. The maximum absolute atomic E-state index is 4.06. The van der Waals surface area contributed by atoms with E-state index in [4.69, 9.17) is 0 Å². The van der Waals surface area contributed by atoms with Crippen LogP contribution >= 0.6 is 0 Å². The fraction of sp³-hybridized carbons (Fsp3) is 0.846. The zero-order valence-corrected chi connectivity index (χ0v) is 21.9. The molecule has 2 rings (SSSR count). The second-order valence-electron chi connectivity index (χ2n) is 11.7. The molecule has 0 radical (unpaired) electrons. The molecule has 2 saturated carbocycles. The van der Waals surface area contributed by atoms with Gasteiger partial charge in [0.25, 0.3) is 0 Å². The van der Waals surface area contributed by atoms with E-state index in [0.29, 0.717) is 0 Å². The largest absolute Gasteiger partial charge is 0.131 e. The second kappa shape index (κ2) is 10.0. The van der Waals surface area contributed by atoms with Gasteiger partial charge in [0.05, 0.1) is 0 Å². The molecule has 0 bridgehead atoms. The normalized spacial score (nSPS) is 23.5. The number of hydrogen-bond acceptors (Lipinski definition) is 0. The van der Waals surface area contributed by atoms with Crippen molar-refractivity contribution in [3.63, 3.8) is 0 Å². The van der Waals surface area contributed by atoms with Crippen LogP contribution in [0.1, 0.15) is 89.9 Å². The summed E-state index contributed by atoms with van der Waals surface area (Å²) < 4.78 is 0. The molecule has 0 amide bonds. The Labute approximate surface area is 179 Å². The Morgan fingerprint density at radius 1 is 0.429 bits per heavy atom. The average molecular weight is 415 g/mol. The lowest BCUT2D eigenvalue weighted by molar-refractivity contribution is 0.0878. The van der Waals surface area contributed by atoms with E-state index in [1.807, 2.05) is 0 Å². The standard InChI is InChI=1S/C26H46Si2/c1-27(2,3)23-21-25(17-13-9-7-10-14-18-25)26(22-24-28(4,5)6)19-15-11-8-12-16-20-26/h7-20H2,1-6H3. The fourth-order valence-electron chi connectivity index (χ4n) is 5.08. The van der Waals surface area contributed by atoms with Crippen molar-refractivity contribution in [2.75, 3.05) is 0 Å². The van der Waals surface area contributed by atoms with E-state index in [9.17, 15) is 0 Å². The summed E-state index contributed by atoms with van der Waals surface area (Å²) in [6.45, 7) is 14.5. The first-order valence-corrected chi connectivity index (χ1v) is 19.2. The van der Waals surface area contributed by atoms with E-state index in [1.54, 1.807) is 0 Å². The molecule has 0 saturated heterocycles. The van der Waals surface area contributed by atoms with Crippen LogP contribution in [-0.4, -0.2) is 16.1 Å². The van der Waals surface area contributed by atoms with Crippen molar-refractivity contribution in [2.45, 2.75) is 129 Å². The lowest BCUT2D eigenvalue weighted by Crippen LogP contribution is -2.42. The van der Waals surface area contributed by atoms with Crippen LogP contribution in [0, 0.1) is 33.8 Å². The zero-order valence-electron chi connectivity index (χ0n) is 19.9. The van der Waals surface area contributed by atoms with Gasteiger partial charge in [-0.1, -0.05) is 103 Å². The maximum Gasteiger partial charge on any atom is 0.129 e. The molecule has 2 heteroatoms. The molecule has 0 aromatic heterocycles. The van der Waals surface area contributed by atoms with Crippen LogP contribution in [0.3, 0.4) is 0 Å². The lowest BCUT2D eigenvalue weighted by Gasteiger charge is -2.47. The molecule has 2 aliphatic carbocycles. The van der Waals surface area contributed by atoms with Crippen molar-refractivity contribution >= 4 is 16.1 Å². The maximum atomic E-state index is 4.06. The third-order valence-electron chi connectivity index (χ3n) is 6.68. The van der Waals surface area contributed by atoms with Crippen LogP contribution in [0.25, 0.3) is 0 Å². The molecule has 0 aromatic carbocycles. The average Bonchev–Trinajstić information content (AvgIpc) is 2.52. The Morgan fingerprint density at radius 2 is 0.679 bits per heavy atom. The Kier molecular flexibility index (Phi) is 8.55. The van der Waals surface area contributed by atoms with Crippen LogP contribution in [0.5, 0.6) is 0 Å². The summed E-state index contributed by atoms with van der Waals surface area (Å²) in [5.41, 5.74) is 8.04. The first-order valence-electron chi connectivity index (χ1n) is 12.2. The van der Waals surface area contributed by atoms with Gasteiger partial charge in [0.15, 0.2) is 0 Å². The van der Waals surface area contributed by atoms with Crippen molar-refractivity contribution in [1.82, 2.24) is 0 Å². The van der Waals surface area contributed by atoms with Gasteiger partial charge < -0.3 is 0 Å². The van der Waals surface area contributed by atoms with Crippen molar-refractivity contribution in [2.24, 2.45) is 10.8 Å². The summed E-state index contributed by atoms with van der Waals surface area (Å²) in [5.74, 6) is 8.12. The van der Waals surface area contributed by atoms with Crippen molar-refractivity contribution < 1.29 is 0 Å². The van der Waals surface area contributed by atoms with Gasteiger partial charge in [-0.2, -0.15) is 0 Å². The SMILES string of the molecule is C[Si](C)(C)C#CC1(C2(C#C[Si](C)(C)C)CCCCCCC2)CCCCCCC1. The quantitative estimate of drug-likeness (QED) is 0.299. The molecule has 0 nitrogen and oxygen atoms in total. The third-order valence-corrected chi connectivity index (χ3v) is 8.43. The van der Waals surface area contributed by atoms with Crippen LogP contribution in [0.2, 0.25) is 39.3 Å². The van der Waals surface area contributed by atoms with Gasteiger partial charge in [-0.15, -0.1) is 22.9 Å². The fourth-order valence-corrected chi connectivity index (χ4v) is 6.31. The minimum Gasteiger partial charge on any atom is -0.131 e. The Balaban J connectivity index is 2.60. The van der Waals surface area contributed by atoms with Crippen LogP contribution in [0.15, 0.2) is 0 Å². The van der Waals surface area contributed by atoms with Crippen LogP contribution in [0.4, 0.5) is 0 Å². The molecule has 0 aliphatic heterocycles. The monoisotopic (exact) mass is 414 g/mol. The second-order valence-corrected chi connectivity index (χ2v) is 21.2. The highest BCUT2D eigenvalue weighted by atomic mass is 28.3. The molecule has 0 aromatic rings. The van der Waals surface area contributed by atoms with Gasteiger partial charge in [-0.3, -0.25) is 0 Å². The van der Waals surface area contributed by atoms with E-state index in [1.165, 1.54) is 89.9 Å². The van der Waals surface area contributed by atoms with E-state index >= 15 is 0 Å². The van der Waals surface area contributed by atoms with E-state index < -0.39 is 16.1 Å². The Morgan fingerprint density at radius 3 is 0.929 bits per heavy atom. The number of rotatable bonds is 1. The first kappa shape index (κ1) is 23.8. The minimum atomic E-state index is -1.40. The smallest absolute Gasteiger partial charge is 0.129 e. The summed E-state index contributed by atoms with van der Waals surface area (Å²) in [7, 11) is -2.79. The minimum absolute atomic E-state index is 0.150. The highest BCUT2D eigenvalue weighted by Crippen LogP contribution is 2.54. The molecular formula is C26H46Si2.